The normalized spacial score (nSPS) is 10.8. The summed E-state index contributed by atoms with van der Waals surface area (Å²) in [6, 6.07) is 12.2. The van der Waals surface area contributed by atoms with E-state index in [1.165, 1.54) is 18.3 Å². The molecule has 0 aliphatic heterocycles. The number of rotatable bonds is 6. The maximum atomic E-state index is 13.1. The summed E-state index contributed by atoms with van der Waals surface area (Å²) in [4.78, 5) is 32.9. The number of likely N-dealkylation sites (N-methyl/N-ethyl adjacent to an activating group) is 1. The third-order valence-electron chi connectivity index (χ3n) is 4.12. The summed E-state index contributed by atoms with van der Waals surface area (Å²) in [5.74, 6) is -0.168. The van der Waals surface area contributed by atoms with Gasteiger partial charge in [-0.15, -0.1) is 12.4 Å². The monoisotopic (exact) mass is 437 g/mol. The Balaban J connectivity index is 0.00000280. The van der Waals surface area contributed by atoms with Gasteiger partial charge in [-0.1, -0.05) is 35.1 Å². The van der Waals surface area contributed by atoms with Crippen molar-refractivity contribution in [1.82, 2.24) is 9.88 Å². The van der Waals surface area contributed by atoms with Gasteiger partial charge in [0.05, 0.1) is 10.2 Å². The molecule has 0 saturated carbocycles. The van der Waals surface area contributed by atoms with Crippen molar-refractivity contribution in [2.45, 2.75) is 6.92 Å². The molecule has 0 unspecified atom stereocenters. The third-order valence-corrected chi connectivity index (χ3v) is 5.40. The molecule has 5 nitrogen and oxygen atoms in total. The van der Waals surface area contributed by atoms with Crippen LogP contribution in [0.1, 0.15) is 27.6 Å². The Labute approximate surface area is 179 Å². The van der Waals surface area contributed by atoms with Crippen LogP contribution in [0, 0.1) is 0 Å². The fourth-order valence-corrected chi connectivity index (χ4v) is 3.86. The smallest absolute Gasteiger partial charge is 0.260 e. The third kappa shape index (κ3) is 5.08. The molecule has 0 aliphatic rings. The van der Waals surface area contributed by atoms with Crippen LogP contribution in [0.15, 0.2) is 42.5 Å². The number of carbonyl (C=O) groups is 2. The van der Waals surface area contributed by atoms with Crippen molar-refractivity contribution >= 4 is 62.4 Å². The number of anilines is 1. The number of hydrogen-bond donors (Lipinski definition) is 0. The molecule has 8 heteroatoms. The van der Waals surface area contributed by atoms with Crippen molar-refractivity contribution in [2.75, 3.05) is 32.1 Å². The zero-order chi connectivity index (χ0) is 19.6. The average Bonchev–Trinajstić information content (AvgIpc) is 3.04. The molecule has 0 fully saturated rings. The minimum atomic E-state index is -0.142. The van der Waals surface area contributed by atoms with Crippen LogP contribution in [0.5, 0.6) is 0 Å². The van der Waals surface area contributed by atoms with E-state index in [-0.39, 0.29) is 24.1 Å². The molecule has 0 bridgehead atoms. The summed E-state index contributed by atoms with van der Waals surface area (Å²) < 4.78 is 0.937. The van der Waals surface area contributed by atoms with Crippen LogP contribution in [0.2, 0.25) is 5.02 Å². The summed E-state index contributed by atoms with van der Waals surface area (Å²) in [6.45, 7) is 2.72. The molecular formula is C20H21Cl2N3O2S. The molecule has 2 aromatic carbocycles. The van der Waals surface area contributed by atoms with Crippen LogP contribution >= 0.6 is 35.3 Å². The number of fused-ring (bicyclic) bond motifs is 1. The van der Waals surface area contributed by atoms with E-state index in [4.69, 9.17) is 11.6 Å². The maximum absolute atomic E-state index is 13.1. The Bertz CT molecular complexity index is 987. The molecule has 0 atom stereocenters. The van der Waals surface area contributed by atoms with Crippen molar-refractivity contribution in [2.24, 2.45) is 0 Å². The highest BCUT2D eigenvalue weighted by Crippen LogP contribution is 2.31. The van der Waals surface area contributed by atoms with E-state index < -0.39 is 0 Å². The number of thiazole rings is 1. The molecule has 0 spiro atoms. The van der Waals surface area contributed by atoms with Gasteiger partial charge < -0.3 is 4.90 Å². The molecule has 3 aromatic rings. The van der Waals surface area contributed by atoms with Gasteiger partial charge in [0.1, 0.15) is 0 Å². The average molecular weight is 438 g/mol. The molecule has 28 heavy (non-hydrogen) atoms. The van der Waals surface area contributed by atoms with E-state index in [2.05, 4.69) is 4.98 Å². The lowest BCUT2D eigenvalue weighted by molar-refractivity contribution is 0.0981. The summed E-state index contributed by atoms with van der Waals surface area (Å²) in [5.41, 5.74) is 1.92. The predicted octanol–water partition coefficient (Wildman–Crippen LogP) is 4.78. The predicted molar refractivity (Wildman–Crippen MR) is 119 cm³/mol. The summed E-state index contributed by atoms with van der Waals surface area (Å²) >= 11 is 7.51. The van der Waals surface area contributed by atoms with E-state index in [1.54, 1.807) is 35.2 Å². The van der Waals surface area contributed by atoms with Gasteiger partial charge in [-0.2, -0.15) is 0 Å². The zero-order valence-corrected chi connectivity index (χ0v) is 18.2. The van der Waals surface area contributed by atoms with Gasteiger partial charge in [-0.3, -0.25) is 14.5 Å². The zero-order valence-electron chi connectivity index (χ0n) is 15.8. The van der Waals surface area contributed by atoms with E-state index >= 15 is 0 Å². The van der Waals surface area contributed by atoms with Crippen LogP contribution in [0.4, 0.5) is 5.13 Å². The van der Waals surface area contributed by atoms with Gasteiger partial charge in [0.15, 0.2) is 10.9 Å². The summed E-state index contributed by atoms with van der Waals surface area (Å²) in [5, 5.41) is 1.28. The van der Waals surface area contributed by atoms with Gasteiger partial charge in [0, 0.05) is 29.2 Å². The number of Topliss-reactive ketones (excluding diaryl/α,β-unsaturated/α-hetero) is 1. The number of carbonyl (C=O) groups excluding carboxylic acids is 2. The number of aromatic nitrogens is 1. The molecule has 1 aromatic heterocycles. The first kappa shape index (κ1) is 22.3. The van der Waals surface area contributed by atoms with Crippen molar-refractivity contribution in [1.29, 1.82) is 0 Å². The molecule has 1 amide bonds. The molecular weight excluding hydrogens is 417 g/mol. The second kappa shape index (κ2) is 9.47. The van der Waals surface area contributed by atoms with Crippen LogP contribution in [-0.4, -0.2) is 48.8 Å². The lowest BCUT2D eigenvalue weighted by Gasteiger charge is -2.22. The first-order chi connectivity index (χ1) is 12.8. The Kier molecular flexibility index (Phi) is 7.55. The number of nitrogens with zero attached hydrogens (tertiary/aromatic N) is 3. The topological polar surface area (TPSA) is 53.5 Å². The molecule has 3 rings (SSSR count). The fraction of sp³-hybridized carbons (Fsp3) is 0.250. The molecule has 1 heterocycles. The number of halogens is 2. The van der Waals surface area contributed by atoms with Gasteiger partial charge in [0.2, 0.25) is 0 Å². The van der Waals surface area contributed by atoms with Crippen LogP contribution in [0.3, 0.4) is 0 Å². The van der Waals surface area contributed by atoms with Crippen LogP contribution in [0.25, 0.3) is 10.2 Å². The largest absolute Gasteiger partial charge is 0.308 e. The van der Waals surface area contributed by atoms with E-state index in [1.807, 2.05) is 31.1 Å². The second-order valence-corrected chi connectivity index (χ2v) is 7.95. The van der Waals surface area contributed by atoms with Crippen molar-refractivity contribution in [3.63, 3.8) is 0 Å². The van der Waals surface area contributed by atoms with Crippen LogP contribution < -0.4 is 4.90 Å². The van der Waals surface area contributed by atoms with Gasteiger partial charge in [0.25, 0.3) is 5.91 Å². The highest BCUT2D eigenvalue weighted by Gasteiger charge is 2.21. The fourth-order valence-electron chi connectivity index (χ4n) is 2.59. The Morgan fingerprint density at radius 3 is 2.29 bits per heavy atom. The van der Waals surface area contributed by atoms with E-state index in [0.717, 1.165) is 10.2 Å². The minimum Gasteiger partial charge on any atom is -0.308 e. The SMILES string of the molecule is CC(=O)c1ccc(C(=O)N(CCN(C)C)c2nc3ccc(Cl)cc3s2)cc1.Cl. The standard InChI is InChI=1S/C20H20ClN3O2S.ClH/c1-13(25)14-4-6-15(7-5-14)19(26)24(11-10-23(2)3)20-22-17-9-8-16(21)12-18(17)27-20;/h4-9,12H,10-11H2,1-3H3;1H. The van der Waals surface area contributed by atoms with Gasteiger partial charge in [-0.25, -0.2) is 4.98 Å². The second-order valence-electron chi connectivity index (χ2n) is 6.50. The molecule has 0 radical (unpaired) electrons. The molecule has 0 N–H and O–H groups in total. The first-order valence-corrected chi connectivity index (χ1v) is 9.68. The highest BCUT2D eigenvalue weighted by molar-refractivity contribution is 7.22. The van der Waals surface area contributed by atoms with Crippen molar-refractivity contribution in [3.05, 3.63) is 58.6 Å². The Hall–Kier alpha value is -1.99. The molecule has 0 saturated heterocycles. The van der Waals surface area contributed by atoms with Gasteiger partial charge >= 0.3 is 0 Å². The Morgan fingerprint density at radius 1 is 1.04 bits per heavy atom. The number of amides is 1. The van der Waals surface area contributed by atoms with Gasteiger partial charge in [-0.05, 0) is 51.4 Å². The Morgan fingerprint density at radius 2 is 1.68 bits per heavy atom. The first-order valence-electron chi connectivity index (χ1n) is 8.49. The number of benzene rings is 2. The molecule has 0 aliphatic carbocycles. The lowest BCUT2D eigenvalue weighted by atomic mass is 10.1. The molecule has 148 valence electrons. The highest BCUT2D eigenvalue weighted by atomic mass is 35.5. The minimum absolute atomic E-state index is 0. The van der Waals surface area contributed by atoms with E-state index in [9.17, 15) is 9.59 Å². The van der Waals surface area contributed by atoms with Crippen molar-refractivity contribution in [3.8, 4) is 0 Å². The number of hydrogen-bond acceptors (Lipinski definition) is 5. The lowest BCUT2D eigenvalue weighted by Crippen LogP contribution is -2.36. The van der Waals surface area contributed by atoms with E-state index in [0.29, 0.717) is 34.4 Å². The summed E-state index contributed by atoms with van der Waals surface area (Å²) in [6.07, 6.45) is 0. The quantitative estimate of drug-likeness (QED) is 0.520. The van der Waals surface area contributed by atoms with Crippen LogP contribution in [-0.2, 0) is 0 Å². The van der Waals surface area contributed by atoms with Crippen molar-refractivity contribution < 1.29 is 9.59 Å². The summed E-state index contributed by atoms with van der Waals surface area (Å²) in [7, 11) is 3.92. The number of ketones is 1. The maximum Gasteiger partial charge on any atom is 0.260 e.